The minimum Gasteiger partial charge on any atom is -0.495 e. The van der Waals surface area contributed by atoms with Gasteiger partial charge in [0.2, 0.25) is 0 Å². The summed E-state index contributed by atoms with van der Waals surface area (Å²) < 4.78 is 19.7. The number of anilines is 2. The van der Waals surface area contributed by atoms with Crippen LogP contribution < -0.4 is 25.2 Å². The van der Waals surface area contributed by atoms with Crippen LogP contribution in [0.3, 0.4) is 0 Å². The Kier molecular flexibility index (Phi) is 6.80. The summed E-state index contributed by atoms with van der Waals surface area (Å²) in [7, 11) is 7.11. The molecule has 1 aliphatic rings. The summed E-state index contributed by atoms with van der Waals surface area (Å²) in [5, 5.41) is 6.75. The fourth-order valence-corrected chi connectivity index (χ4v) is 3.58. The van der Waals surface area contributed by atoms with E-state index in [2.05, 4.69) is 26.6 Å². The molecule has 0 aliphatic carbocycles. The third-order valence-corrected chi connectivity index (χ3v) is 5.13. The van der Waals surface area contributed by atoms with Gasteiger partial charge in [-0.15, -0.1) is 0 Å². The fraction of sp³-hybridized carbons (Fsp3) is 0.409. The normalized spacial score (nSPS) is 16.7. The number of nitrogens with one attached hydrogen (secondary N) is 2. The molecule has 0 saturated carbocycles. The molecule has 1 unspecified atom stereocenters. The first-order valence-electron chi connectivity index (χ1n) is 9.82. The zero-order chi connectivity index (χ0) is 20.8. The van der Waals surface area contributed by atoms with Crippen molar-refractivity contribution in [2.75, 3.05) is 51.1 Å². The second-order valence-electron chi connectivity index (χ2n) is 7.35. The van der Waals surface area contributed by atoms with Crippen LogP contribution in [0.4, 0.5) is 15.8 Å². The Morgan fingerprint density at radius 3 is 2.76 bits per heavy atom. The van der Waals surface area contributed by atoms with Crippen molar-refractivity contribution in [2.24, 2.45) is 4.99 Å². The molecular weight excluding hydrogens is 369 g/mol. The highest BCUT2D eigenvalue weighted by Crippen LogP contribution is 2.30. The minimum absolute atomic E-state index is 0.222. The molecule has 0 aromatic heterocycles. The first-order chi connectivity index (χ1) is 14.0. The highest BCUT2D eigenvalue weighted by Gasteiger charge is 2.25. The predicted octanol–water partition coefficient (Wildman–Crippen LogP) is 2.84. The Labute approximate surface area is 172 Å². The lowest BCUT2D eigenvalue weighted by molar-refractivity contribution is 0.415. The molecule has 7 heteroatoms. The smallest absolute Gasteiger partial charge is 0.191 e. The van der Waals surface area contributed by atoms with Gasteiger partial charge in [-0.2, -0.15) is 0 Å². The summed E-state index contributed by atoms with van der Waals surface area (Å²) in [6.07, 6.45) is 1.00. The molecule has 0 amide bonds. The number of nitrogens with zero attached hydrogens (tertiary/aromatic N) is 3. The van der Waals surface area contributed by atoms with E-state index in [0.29, 0.717) is 18.2 Å². The molecule has 29 heavy (non-hydrogen) atoms. The van der Waals surface area contributed by atoms with Gasteiger partial charge in [0.05, 0.1) is 18.5 Å². The van der Waals surface area contributed by atoms with Crippen LogP contribution in [0, 0.1) is 5.82 Å². The maximum atomic E-state index is 14.2. The summed E-state index contributed by atoms with van der Waals surface area (Å²) in [6, 6.07) is 13.6. The van der Waals surface area contributed by atoms with Crippen LogP contribution in [0.1, 0.15) is 12.0 Å². The topological polar surface area (TPSA) is 52.1 Å². The van der Waals surface area contributed by atoms with Gasteiger partial charge in [0.25, 0.3) is 0 Å². The van der Waals surface area contributed by atoms with Gasteiger partial charge in [-0.05, 0) is 36.2 Å². The summed E-state index contributed by atoms with van der Waals surface area (Å²) in [4.78, 5) is 8.40. The molecule has 1 saturated heterocycles. The highest BCUT2D eigenvalue weighted by molar-refractivity contribution is 5.80. The van der Waals surface area contributed by atoms with Crippen molar-refractivity contribution in [1.29, 1.82) is 0 Å². The van der Waals surface area contributed by atoms with Gasteiger partial charge in [0.1, 0.15) is 11.6 Å². The number of aliphatic imine (C=N–C) groups is 1. The molecule has 1 atom stereocenters. The van der Waals surface area contributed by atoms with Crippen molar-refractivity contribution >= 4 is 17.3 Å². The second-order valence-corrected chi connectivity index (χ2v) is 7.35. The molecule has 1 fully saturated rings. The summed E-state index contributed by atoms with van der Waals surface area (Å²) in [5.74, 6) is 1.38. The van der Waals surface area contributed by atoms with E-state index in [4.69, 9.17) is 4.74 Å². The van der Waals surface area contributed by atoms with Gasteiger partial charge in [-0.3, -0.25) is 4.99 Å². The van der Waals surface area contributed by atoms with E-state index in [1.54, 1.807) is 31.2 Å². The van der Waals surface area contributed by atoms with Crippen LogP contribution in [0.5, 0.6) is 5.75 Å². The standard InChI is InChI=1S/C22H30FN5O/c1-24-22(25-14-16-9-10-19(27(2)3)18(23)13-16)26-17-11-12-28(15-17)20-7-5-6-8-21(20)29-4/h5-10,13,17H,11-12,14-15H2,1-4H3,(H2,24,25,26). The lowest BCUT2D eigenvalue weighted by Gasteiger charge is -2.22. The Morgan fingerprint density at radius 1 is 1.28 bits per heavy atom. The number of hydrogen-bond donors (Lipinski definition) is 2. The number of para-hydroxylation sites is 2. The van der Waals surface area contributed by atoms with Crippen molar-refractivity contribution in [3.05, 3.63) is 53.8 Å². The summed E-state index contributed by atoms with van der Waals surface area (Å²) in [5.41, 5.74) is 2.57. The number of rotatable bonds is 6. The van der Waals surface area contributed by atoms with E-state index in [-0.39, 0.29) is 11.9 Å². The van der Waals surface area contributed by atoms with Crippen molar-refractivity contribution in [1.82, 2.24) is 10.6 Å². The van der Waals surface area contributed by atoms with E-state index in [1.807, 2.05) is 38.4 Å². The van der Waals surface area contributed by atoms with E-state index in [9.17, 15) is 4.39 Å². The van der Waals surface area contributed by atoms with Crippen LogP contribution in [-0.4, -0.2) is 53.3 Å². The third-order valence-electron chi connectivity index (χ3n) is 5.13. The zero-order valence-electron chi connectivity index (χ0n) is 17.6. The van der Waals surface area contributed by atoms with Gasteiger partial charge < -0.3 is 25.2 Å². The minimum atomic E-state index is -0.222. The Hall–Kier alpha value is -2.96. The number of ether oxygens (including phenoxy) is 1. The Balaban J connectivity index is 1.55. The predicted molar refractivity (Wildman–Crippen MR) is 118 cm³/mol. The van der Waals surface area contributed by atoms with E-state index < -0.39 is 0 Å². The van der Waals surface area contributed by atoms with Crippen molar-refractivity contribution in [3.63, 3.8) is 0 Å². The number of guanidine groups is 1. The van der Waals surface area contributed by atoms with Gasteiger partial charge in [-0.25, -0.2) is 4.39 Å². The Morgan fingerprint density at radius 2 is 2.07 bits per heavy atom. The van der Waals surface area contributed by atoms with Crippen LogP contribution in [0.15, 0.2) is 47.5 Å². The molecule has 0 spiro atoms. The number of halogens is 1. The van der Waals surface area contributed by atoms with Gasteiger partial charge in [0, 0.05) is 46.8 Å². The lowest BCUT2D eigenvalue weighted by Crippen LogP contribution is -2.44. The molecule has 2 N–H and O–H groups in total. The molecule has 1 aliphatic heterocycles. The SMILES string of the molecule is CN=C(NCc1ccc(N(C)C)c(F)c1)NC1CCN(c2ccccc2OC)C1. The average Bonchev–Trinajstić information content (AvgIpc) is 3.19. The monoisotopic (exact) mass is 399 g/mol. The van der Waals surface area contributed by atoms with E-state index >= 15 is 0 Å². The summed E-state index contributed by atoms with van der Waals surface area (Å²) in [6.45, 7) is 2.33. The maximum absolute atomic E-state index is 14.2. The number of hydrogen-bond acceptors (Lipinski definition) is 4. The first kappa shape index (κ1) is 20.8. The van der Waals surface area contributed by atoms with Crippen molar-refractivity contribution < 1.29 is 9.13 Å². The quantitative estimate of drug-likeness (QED) is 0.578. The maximum Gasteiger partial charge on any atom is 0.191 e. The van der Waals surface area contributed by atoms with E-state index in [1.165, 1.54) is 0 Å². The zero-order valence-corrected chi connectivity index (χ0v) is 17.6. The van der Waals surface area contributed by atoms with Crippen molar-refractivity contribution in [3.8, 4) is 5.75 Å². The van der Waals surface area contributed by atoms with Crippen LogP contribution in [0.25, 0.3) is 0 Å². The molecule has 6 nitrogen and oxygen atoms in total. The summed E-state index contributed by atoms with van der Waals surface area (Å²) >= 11 is 0. The first-order valence-corrected chi connectivity index (χ1v) is 9.82. The largest absolute Gasteiger partial charge is 0.495 e. The Bertz CT molecular complexity index is 855. The molecule has 3 rings (SSSR count). The molecule has 1 heterocycles. The average molecular weight is 400 g/mol. The molecule has 0 bridgehead atoms. The number of benzene rings is 2. The second kappa shape index (κ2) is 9.49. The lowest BCUT2D eigenvalue weighted by atomic mass is 10.2. The third kappa shape index (κ3) is 5.10. The highest BCUT2D eigenvalue weighted by atomic mass is 19.1. The fourth-order valence-electron chi connectivity index (χ4n) is 3.58. The van der Waals surface area contributed by atoms with Crippen LogP contribution in [0.2, 0.25) is 0 Å². The molecule has 2 aromatic rings. The van der Waals surface area contributed by atoms with Crippen molar-refractivity contribution in [2.45, 2.75) is 19.0 Å². The van der Waals surface area contributed by atoms with Gasteiger partial charge in [-0.1, -0.05) is 18.2 Å². The van der Waals surface area contributed by atoms with Gasteiger partial charge in [0.15, 0.2) is 5.96 Å². The molecule has 156 valence electrons. The molecular formula is C22H30FN5O. The van der Waals surface area contributed by atoms with Crippen LogP contribution >= 0.6 is 0 Å². The number of methoxy groups -OCH3 is 1. The molecule has 0 radical (unpaired) electrons. The van der Waals surface area contributed by atoms with E-state index in [0.717, 1.165) is 36.5 Å². The van der Waals surface area contributed by atoms with Crippen LogP contribution in [-0.2, 0) is 6.54 Å². The molecule has 2 aromatic carbocycles. The van der Waals surface area contributed by atoms with Gasteiger partial charge >= 0.3 is 0 Å².